The fourth-order valence-electron chi connectivity index (χ4n) is 6.20. The second-order valence-corrected chi connectivity index (χ2v) is 12.1. The van der Waals surface area contributed by atoms with Gasteiger partial charge in [-0.05, 0) is 118 Å². The Morgan fingerprint density at radius 1 is 0.976 bits per heavy atom. The van der Waals surface area contributed by atoms with Crippen molar-refractivity contribution in [2.45, 2.75) is 74.3 Å². The second kappa shape index (κ2) is 11.2. The van der Waals surface area contributed by atoms with E-state index in [-0.39, 0.29) is 5.91 Å². The number of fused-ring (bicyclic) bond motifs is 1. The van der Waals surface area contributed by atoms with Crippen LogP contribution in [0.2, 0.25) is 0 Å². The number of hydrogen-bond donors (Lipinski definition) is 3. The van der Waals surface area contributed by atoms with E-state index in [1.54, 1.807) is 18.9 Å². The van der Waals surface area contributed by atoms with Crippen molar-refractivity contribution in [3.05, 3.63) is 92.0 Å². The molecular formula is C34H44N4O3. The van der Waals surface area contributed by atoms with Crippen LogP contribution in [0.5, 0.6) is 0 Å². The van der Waals surface area contributed by atoms with Gasteiger partial charge in [-0.2, -0.15) is 0 Å². The Bertz CT molecular complexity index is 1500. The molecule has 1 amide bonds. The van der Waals surface area contributed by atoms with Crippen molar-refractivity contribution in [3.8, 4) is 0 Å². The van der Waals surface area contributed by atoms with Crippen LogP contribution in [0.25, 0.3) is 0 Å². The summed E-state index contributed by atoms with van der Waals surface area (Å²) in [5, 5.41) is 11.9. The van der Waals surface area contributed by atoms with Crippen LogP contribution < -0.4 is 16.6 Å². The zero-order valence-electron chi connectivity index (χ0n) is 25.7. The lowest BCUT2D eigenvalue weighted by Gasteiger charge is -2.35. The monoisotopic (exact) mass is 556 g/mol. The maximum Gasteiger partial charge on any atom is 0.310 e. The molecule has 218 valence electrons. The van der Waals surface area contributed by atoms with Gasteiger partial charge < -0.3 is 20.7 Å². The topological polar surface area (TPSA) is 113 Å². The van der Waals surface area contributed by atoms with Gasteiger partial charge in [-0.1, -0.05) is 30.3 Å². The van der Waals surface area contributed by atoms with Gasteiger partial charge in [0.2, 0.25) is 0 Å². The second-order valence-electron chi connectivity index (χ2n) is 12.1. The van der Waals surface area contributed by atoms with Gasteiger partial charge in [0.1, 0.15) is 0 Å². The summed E-state index contributed by atoms with van der Waals surface area (Å²) in [4.78, 5) is 28.4. The predicted octanol–water partition coefficient (Wildman–Crippen LogP) is 5.95. The number of hydrazine groups is 1. The van der Waals surface area contributed by atoms with E-state index in [9.17, 15) is 14.7 Å². The van der Waals surface area contributed by atoms with Crippen LogP contribution in [0, 0.1) is 40.0 Å². The number of nitrogen functional groups attached to an aromatic ring is 1. The van der Waals surface area contributed by atoms with Crippen LogP contribution >= 0.6 is 0 Å². The molecule has 0 aromatic heterocycles. The number of nitrogens with zero attached hydrogens (tertiary/aromatic N) is 2. The molecule has 0 saturated heterocycles. The number of aliphatic carboxylic acids is 1. The molecule has 0 fully saturated rings. The highest BCUT2D eigenvalue weighted by molar-refractivity contribution is 5.98. The van der Waals surface area contributed by atoms with E-state index in [1.807, 2.05) is 50.8 Å². The largest absolute Gasteiger partial charge is 0.481 e. The smallest absolute Gasteiger partial charge is 0.310 e. The lowest BCUT2D eigenvalue weighted by Crippen LogP contribution is -2.37. The van der Waals surface area contributed by atoms with Gasteiger partial charge >= 0.3 is 5.97 Å². The summed E-state index contributed by atoms with van der Waals surface area (Å²) in [6, 6.07) is 12.2. The molecule has 0 saturated carbocycles. The number of benzene rings is 3. The molecule has 1 aliphatic heterocycles. The normalized spacial score (nSPS) is 14.0. The number of rotatable bonds is 7. The standard InChI is InChI=1S/C34H44N4O3/c1-9-38(36)28-13-12-27(23(6)31(28)35)30(34(7,8)33(40)41)25-11-10-24-14-15-37(18-26(24)17-25)32(39)29-21(4)19(2)16-20(3)22(29)5/h10-13,16-17,30H,9,14-15,18,35-36H2,1-8H3,(H,40,41). The number of hydrogen-bond acceptors (Lipinski definition) is 5. The molecule has 3 aromatic rings. The van der Waals surface area contributed by atoms with E-state index in [0.29, 0.717) is 25.3 Å². The van der Waals surface area contributed by atoms with Crippen molar-refractivity contribution in [1.29, 1.82) is 0 Å². The van der Waals surface area contributed by atoms with Gasteiger partial charge in [0.05, 0.1) is 16.8 Å². The number of carboxylic acids is 1. The van der Waals surface area contributed by atoms with Crippen LogP contribution in [0.3, 0.4) is 0 Å². The molecule has 0 radical (unpaired) electrons. The molecule has 1 aliphatic rings. The zero-order chi connectivity index (χ0) is 30.4. The maximum atomic E-state index is 13.9. The molecular weight excluding hydrogens is 512 g/mol. The predicted molar refractivity (Wildman–Crippen MR) is 166 cm³/mol. The van der Waals surface area contributed by atoms with E-state index < -0.39 is 17.3 Å². The Morgan fingerprint density at radius 2 is 1.61 bits per heavy atom. The summed E-state index contributed by atoms with van der Waals surface area (Å²) in [6.45, 7) is 17.2. The maximum absolute atomic E-state index is 13.9. The minimum absolute atomic E-state index is 0.0479. The molecule has 1 heterocycles. The number of anilines is 2. The number of carbonyl (C=O) groups is 2. The average Bonchev–Trinajstić information content (AvgIpc) is 2.93. The van der Waals surface area contributed by atoms with Gasteiger partial charge in [0.25, 0.3) is 5.91 Å². The first kappa shape index (κ1) is 30.1. The van der Waals surface area contributed by atoms with Crippen molar-refractivity contribution in [3.63, 3.8) is 0 Å². The molecule has 0 spiro atoms. The minimum atomic E-state index is -1.13. The Morgan fingerprint density at radius 3 is 2.20 bits per heavy atom. The SMILES string of the molecule is CCN(N)c1ccc(C(c2ccc3c(c2)CN(C(=O)c2c(C)c(C)cc(C)c2C)CC3)C(C)(C)C(=O)O)c(C)c1N. The third-order valence-corrected chi connectivity index (χ3v) is 9.21. The molecule has 41 heavy (non-hydrogen) atoms. The highest BCUT2D eigenvalue weighted by atomic mass is 16.4. The summed E-state index contributed by atoms with van der Waals surface area (Å²) >= 11 is 0. The van der Waals surface area contributed by atoms with Crippen molar-refractivity contribution >= 4 is 23.3 Å². The number of carboxylic acid groups (broad SMARTS) is 1. The van der Waals surface area contributed by atoms with Gasteiger partial charge in [0.15, 0.2) is 0 Å². The number of amides is 1. The molecule has 4 rings (SSSR count). The Balaban J connectivity index is 1.78. The first-order valence-electron chi connectivity index (χ1n) is 14.3. The van der Waals surface area contributed by atoms with Gasteiger partial charge in [-0.15, -0.1) is 0 Å². The summed E-state index contributed by atoms with van der Waals surface area (Å²) in [7, 11) is 0. The third-order valence-electron chi connectivity index (χ3n) is 9.21. The van der Waals surface area contributed by atoms with Crippen LogP contribution in [0.1, 0.15) is 87.1 Å². The van der Waals surface area contributed by atoms with Gasteiger partial charge in [-0.3, -0.25) is 9.59 Å². The zero-order valence-corrected chi connectivity index (χ0v) is 25.7. The van der Waals surface area contributed by atoms with Crippen molar-refractivity contribution in [2.75, 3.05) is 23.8 Å². The van der Waals surface area contributed by atoms with Crippen LogP contribution in [-0.2, 0) is 17.8 Å². The van der Waals surface area contributed by atoms with Crippen molar-refractivity contribution in [1.82, 2.24) is 4.90 Å². The van der Waals surface area contributed by atoms with E-state index in [4.69, 9.17) is 11.6 Å². The number of carbonyl (C=O) groups excluding carboxylic acids is 1. The van der Waals surface area contributed by atoms with E-state index in [2.05, 4.69) is 32.0 Å². The fraction of sp³-hybridized carbons (Fsp3) is 0.412. The van der Waals surface area contributed by atoms with Gasteiger partial charge in [-0.25, -0.2) is 5.84 Å². The molecule has 1 atom stereocenters. The Hall–Kier alpha value is -3.84. The van der Waals surface area contributed by atoms with Crippen molar-refractivity contribution < 1.29 is 14.7 Å². The first-order chi connectivity index (χ1) is 19.2. The van der Waals surface area contributed by atoms with E-state index in [1.165, 1.54) is 5.56 Å². The van der Waals surface area contributed by atoms with Crippen LogP contribution in [0.15, 0.2) is 36.4 Å². The average molecular weight is 557 g/mol. The van der Waals surface area contributed by atoms with Crippen LogP contribution in [0.4, 0.5) is 11.4 Å². The molecule has 7 heteroatoms. The molecule has 0 aliphatic carbocycles. The summed E-state index contributed by atoms with van der Waals surface area (Å²) in [6.07, 6.45) is 0.751. The summed E-state index contributed by atoms with van der Waals surface area (Å²) < 4.78 is 0. The van der Waals surface area contributed by atoms with Crippen molar-refractivity contribution in [2.24, 2.45) is 11.3 Å². The first-order valence-corrected chi connectivity index (χ1v) is 14.3. The number of aryl methyl sites for hydroxylation is 2. The summed E-state index contributed by atoms with van der Waals surface area (Å²) in [5.41, 5.74) is 16.6. The lowest BCUT2D eigenvalue weighted by molar-refractivity contribution is -0.147. The number of nitrogens with two attached hydrogens (primary N) is 2. The van der Waals surface area contributed by atoms with Gasteiger partial charge in [0, 0.05) is 31.1 Å². The molecule has 1 unspecified atom stereocenters. The highest BCUT2D eigenvalue weighted by Gasteiger charge is 2.40. The Labute approximate surface area is 244 Å². The van der Waals surface area contributed by atoms with Crippen LogP contribution in [-0.4, -0.2) is 35.0 Å². The third kappa shape index (κ3) is 5.31. The Kier molecular flexibility index (Phi) is 8.23. The molecule has 0 bridgehead atoms. The highest BCUT2D eigenvalue weighted by Crippen LogP contribution is 2.45. The quantitative estimate of drug-likeness (QED) is 0.188. The van der Waals surface area contributed by atoms with E-state index >= 15 is 0 Å². The molecule has 7 nitrogen and oxygen atoms in total. The molecule has 5 N–H and O–H groups in total. The van der Waals surface area contributed by atoms with E-state index in [0.717, 1.165) is 62.2 Å². The minimum Gasteiger partial charge on any atom is -0.481 e. The lowest BCUT2D eigenvalue weighted by atomic mass is 9.69. The summed E-state index contributed by atoms with van der Waals surface area (Å²) in [5.74, 6) is 4.84. The fourth-order valence-corrected chi connectivity index (χ4v) is 6.20. The molecule has 3 aromatic carbocycles.